The summed E-state index contributed by atoms with van der Waals surface area (Å²) < 4.78 is 35.9. The van der Waals surface area contributed by atoms with Crippen molar-refractivity contribution in [3.63, 3.8) is 0 Å². The van der Waals surface area contributed by atoms with Crippen molar-refractivity contribution in [3.8, 4) is 0 Å². The zero-order valence-electron chi connectivity index (χ0n) is 8.33. The lowest BCUT2D eigenvalue weighted by Crippen LogP contribution is -2.00. The Morgan fingerprint density at radius 3 is 2.25 bits per heavy atom. The van der Waals surface area contributed by atoms with Gasteiger partial charge in [0.25, 0.3) is 0 Å². The number of hydrogen-bond acceptors (Lipinski definition) is 0. The Balaban J connectivity index is 2.37. The van der Waals surface area contributed by atoms with Crippen LogP contribution >= 0.6 is 0 Å². The predicted molar refractivity (Wildman–Crippen MR) is 59.0 cm³/mol. The number of rotatable bonds is 1. The molecule has 0 bridgehead atoms. The van der Waals surface area contributed by atoms with Gasteiger partial charge in [0.15, 0.2) is 0 Å². The molecule has 16 heavy (non-hydrogen) atoms. The first kappa shape index (κ1) is 10.7. The summed E-state index contributed by atoms with van der Waals surface area (Å²) in [5.41, 5.74) is 0.552. The molecule has 0 aliphatic rings. The molecule has 3 heteroatoms. The number of allylic oxidation sites excluding steroid dienone is 1. The molecule has 0 saturated heterocycles. The summed E-state index contributed by atoms with van der Waals surface area (Å²) >= 11 is 0. The van der Waals surface area contributed by atoms with Crippen LogP contribution in [0.3, 0.4) is 0 Å². The van der Waals surface area contributed by atoms with Gasteiger partial charge in [-0.05, 0) is 22.4 Å². The molecule has 0 unspecified atom stereocenters. The molecule has 0 aliphatic carbocycles. The molecule has 0 spiro atoms. The van der Waals surface area contributed by atoms with E-state index in [0.717, 1.165) is 16.8 Å². The second-order valence-corrected chi connectivity index (χ2v) is 3.48. The Bertz CT molecular complexity index is 524. The van der Waals surface area contributed by atoms with Crippen molar-refractivity contribution in [2.24, 2.45) is 0 Å². The highest BCUT2D eigenvalue weighted by molar-refractivity contribution is 5.84. The van der Waals surface area contributed by atoms with Crippen LogP contribution in [0.1, 0.15) is 5.56 Å². The molecular formula is C13H9F3. The highest BCUT2D eigenvalue weighted by Crippen LogP contribution is 2.20. The predicted octanol–water partition coefficient (Wildman–Crippen LogP) is 4.42. The van der Waals surface area contributed by atoms with E-state index in [1.54, 1.807) is 12.1 Å². The molecule has 0 atom stereocenters. The van der Waals surface area contributed by atoms with E-state index in [4.69, 9.17) is 0 Å². The van der Waals surface area contributed by atoms with Crippen LogP contribution in [0.25, 0.3) is 16.8 Å². The third-order valence-corrected chi connectivity index (χ3v) is 2.24. The molecule has 0 radical (unpaired) electrons. The maximum absolute atomic E-state index is 12.0. The SMILES string of the molecule is FC(F)(F)C=Cc1ccc2ccccc2c1. The van der Waals surface area contributed by atoms with E-state index in [1.807, 2.05) is 30.3 Å². The number of benzene rings is 2. The molecule has 0 amide bonds. The van der Waals surface area contributed by atoms with E-state index in [-0.39, 0.29) is 6.08 Å². The molecule has 82 valence electrons. The molecule has 0 heterocycles. The van der Waals surface area contributed by atoms with Crippen LogP contribution in [0.2, 0.25) is 0 Å². The fourth-order valence-corrected chi connectivity index (χ4v) is 1.50. The van der Waals surface area contributed by atoms with E-state index >= 15 is 0 Å². The van der Waals surface area contributed by atoms with Crippen molar-refractivity contribution in [1.29, 1.82) is 0 Å². The van der Waals surface area contributed by atoms with E-state index in [9.17, 15) is 13.2 Å². The fraction of sp³-hybridized carbons (Fsp3) is 0.0769. The number of hydrogen-bond donors (Lipinski definition) is 0. The van der Waals surface area contributed by atoms with Crippen LogP contribution in [-0.4, -0.2) is 6.18 Å². The minimum atomic E-state index is -4.26. The first-order valence-electron chi connectivity index (χ1n) is 4.79. The van der Waals surface area contributed by atoms with Gasteiger partial charge in [0, 0.05) is 6.08 Å². The smallest absolute Gasteiger partial charge is 0.167 e. The maximum atomic E-state index is 12.0. The maximum Gasteiger partial charge on any atom is 0.409 e. The summed E-state index contributed by atoms with van der Waals surface area (Å²) in [5.74, 6) is 0. The Hall–Kier alpha value is -1.77. The standard InChI is InChI=1S/C13H9F3/c14-13(15,16)8-7-10-5-6-11-3-1-2-4-12(11)9-10/h1-9H. The largest absolute Gasteiger partial charge is 0.409 e. The number of fused-ring (bicyclic) bond motifs is 1. The molecule has 0 nitrogen and oxygen atoms in total. The van der Waals surface area contributed by atoms with Gasteiger partial charge in [0.2, 0.25) is 0 Å². The van der Waals surface area contributed by atoms with E-state index in [2.05, 4.69) is 0 Å². The van der Waals surface area contributed by atoms with Crippen LogP contribution in [0.5, 0.6) is 0 Å². The lowest BCUT2D eigenvalue weighted by Gasteiger charge is -2.00. The van der Waals surface area contributed by atoms with Crippen LogP contribution in [0.4, 0.5) is 13.2 Å². The number of alkyl halides is 3. The summed E-state index contributed by atoms with van der Waals surface area (Å²) in [7, 11) is 0. The second kappa shape index (κ2) is 4.00. The minimum absolute atomic E-state index is 0.247. The van der Waals surface area contributed by atoms with E-state index in [0.29, 0.717) is 5.56 Å². The summed E-state index contributed by atoms with van der Waals surface area (Å²) in [4.78, 5) is 0. The second-order valence-electron chi connectivity index (χ2n) is 3.48. The third-order valence-electron chi connectivity index (χ3n) is 2.24. The molecule has 0 fully saturated rings. The summed E-state index contributed by atoms with van der Waals surface area (Å²) in [6, 6.07) is 12.8. The average molecular weight is 222 g/mol. The molecule has 2 aromatic rings. The Morgan fingerprint density at radius 1 is 0.875 bits per heavy atom. The van der Waals surface area contributed by atoms with Crippen molar-refractivity contribution >= 4 is 16.8 Å². The van der Waals surface area contributed by atoms with Gasteiger partial charge in [0.1, 0.15) is 0 Å². The Kier molecular flexibility index (Phi) is 2.69. The van der Waals surface area contributed by atoms with Crippen molar-refractivity contribution in [2.45, 2.75) is 6.18 Å². The first-order valence-corrected chi connectivity index (χ1v) is 4.79. The monoisotopic (exact) mass is 222 g/mol. The Morgan fingerprint density at radius 2 is 1.56 bits per heavy atom. The molecule has 0 N–H and O–H groups in total. The lowest BCUT2D eigenvalue weighted by molar-refractivity contribution is -0.0790. The van der Waals surface area contributed by atoms with Crippen molar-refractivity contribution in [3.05, 3.63) is 54.1 Å². The van der Waals surface area contributed by atoms with Crippen LogP contribution in [-0.2, 0) is 0 Å². The van der Waals surface area contributed by atoms with Crippen molar-refractivity contribution < 1.29 is 13.2 Å². The quantitative estimate of drug-likeness (QED) is 0.670. The molecule has 2 rings (SSSR count). The molecule has 0 saturated carbocycles. The van der Waals surface area contributed by atoms with Gasteiger partial charge >= 0.3 is 6.18 Å². The average Bonchev–Trinajstić information content (AvgIpc) is 2.25. The summed E-state index contributed by atoms with van der Waals surface area (Å²) in [6.07, 6.45) is -2.94. The third kappa shape index (κ3) is 2.63. The van der Waals surface area contributed by atoms with Gasteiger partial charge in [-0.2, -0.15) is 13.2 Å². The van der Waals surface area contributed by atoms with Crippen molar-refractivity contribution in [2.75, 3.05) is 0 Å². The molecular weight excluding hydrogens is 213 g/mol. The minimum Gasteiger partial charge on any atom is -0.167 e. The molecule has 0 aromatic heterocycles. The lowest BCUT2D eigenvalue weighted by atomic mass is 10.1. The summed E-state index contributed by atoms with van der Waals surface area (Å²) in [5, 5.41) is 1.96. The van der Waals surface area contributed by atoms with Gasteiger partial charge in [-0.1, -0.05) is 42.5 Å². The van der Waals surface area contributed by atoms with Gasteiger partial charge in [-0.15, -0.1) is 0 Å². The van der Waals surface area contributed by atoms with Crippen LogP contribution in [0.15, 0.2) is 48.5 Å². The Labute approximate surface area is 91.0 Å². The first-order chi connectivity index (χ1) is 7.54. The number of halogens is 3. The van der Waals surface area contributed by atoms with Crippen LogP contribution in [0, 0.1) is 0 Å². The van der Waals surface area contributed by atoms with E-state index < -0.39 is 6.18 Å². The zero-order chi connectivity index (χ0) is 11.6. The molecule has 2 aromatic carbocycles. The van der Waals surface area contributed by atoms with Crippen LogP contribution < -0.4 is 0 Å². The normalized spacial score (nSPS) is 12.4. The summed E-state index contributed by atoms with van der Waals surface area (Å²) in [6.45, 7) is 0. The fourth-order valence-electron chi connectivity index (χ4n) is 1.50. The topological polar surface area (TPSA) is 0 Å². The van der Waals surface area contributed by atoms with E-state index in [1.165, 1.54) is 0 Å². The van der Waals surface area contributed by atoms with Gasteiger partial charge in [-0.3, -0.25) is 0 Å². The van der Waals surface area contributed by atoms with Gasteiger partial charge < -0.3 is 0 Å². The van der Waals surface area contributed by atoms with Gasteiger partial charge in [0.05, 0.1) is 0 Å². The highest BCUT2D eigenvalue weighted by Gasteiger charge is 2.21. The van der Waals surface area contributed by atoms with Gasteiger partial charge in [-0.25, -0.2) is 0 Å². The molecule has 0 aliphatic heterocycles. The zero-order valence-corrected chi connectivity index (χ0v) is 8.33. The highest BCUT2D eigenvalue weighted by atomic mass is 19.4. The van der Waals surface area contributed by atoms with Crippen molar-refractivity contribution in [1.82, 2.24) is 0 Å².